The summed E-state index contributed by atoms with van der Waals surface area (Å²) in [5.41, 5.74) is 0.235. The van der Waals surface area contributed by atoms with Crippen molar-refractivity contribution in [3.63, 3.8) is 0 Å². The Bertz CT molecular complexity index is 987. The number of benzene rings is 1. The maximum absolute atomic E-state index is 13.8. The van der Waals surface area contributed by atoms with Gasteiger partial charge < -0.3 is 23.7 Å². The van der Waals surface area contributed by atoms with Crippen molar-refractivity contribution in [2.45, 2.75) is 62.6 Å². The van der Waals surface area contributed by atoms with E-state index in [-0.39, 0.29) is 17.9 Å². The largest absolute Gasteiger partial charge is 0.373 e. The van der Waals surface area contributed by atoms with Crippen LogP contribution < -0.4 is 0 Å². The first-order valence-electron chi connectivity index (χ1n) is 10.5. The van der Waals surface area contributed by atoms with Crippen LogP contribution in [0.4, 0.5) is 13.2 Å². The van der Waals surface area contributed by atoms with Crippen LogP contribution in [0.3, 0.4) is 0 Å². The highest BCUT2D eigenvalue weighted by molar-refractivity contribution is 5.57. The predicted octanol–water partition coefficient (Wildman–Crippen LogP) is 2.98. The van der Waals surface area contributed by atoms with Crippen LogP contribution in [0.5, 0.6) is 0 Å². The number of methoxy groups -OCH3 is 1. The molecular weight excluding hydrogens is 431 g/mol. The summed E-state index contributed by atoms with van der Waals surface area (Å²) in [6, 6.07) is 1.22. The molecule has 3 fully saturated rings. The van der Waals surface area contributed by atoms with Gasteiger partial charge in [-0.2, -0.15) is 0 Å². The number of nitrogens with zero attached hydrogens (tertiary/aromatic N) is 3. The van der Waals surface area contributed by atoms with Crippen LogP contribution in [0.25, 0.3) is 11.3 Å². The third kappa shape index (κ3) is 3.52. The summed E-state index contributed by atoms with van der Waals surface area (Å²) >= 11 is 0. The van der Waals surface area contributed by atoms with Crippen LogP contribution in [0, 0.1) is 17.5 Å². The summed E-state index contributed by atoms with van der Waals surface area (Å²) < 4.78 is 72.6. The normalized spacial score (nSPS) is 34.1. The SMILES string of the molecule is CO[C@@H]1[C@@H](n2cc(-c3cc(F)c(F)c(F)c3)nn2)[C@H]2OC(C)(C)OC[C@H]2O[C@@]12CCCO2. The first-order chi connectivity index (χ1) is 15.2. The molecule has 0 N–H and O–H groups in total. The van der Waals surface area contributed by atoms with Gasteiger partial charge in [-0.1, -0.05) is 5.21 Å². The van der Waals surface area contributed by atoms with Crippen molar-refractivity contribution in [2.75, 3.05) is 20.3 Å². The number of halogens is 3. The third-order valence-corrected chi connectivity index (χ3v) is 6.18. The van der Waals surface area contributed by atoms with E-state index in [1.54, 1.807) is 21.0 Å². The fourth-order valence-electron chi connectivity index (χ4n) is 4.78. The van der Waals surface area contributed by atoms with Crippen LogP contribution in [0.1, 0.15) is 32.7 Å². The van der Waals surface area contributed by atoms with E-state index in [1.165, 1.54) is 10.9 Å². The molecule has 4 heterocycles. The molecule has 0 bridgehead atoms. The Morgan fingerprint density at radius 1 is 1.12 bits per heavy atom. The Balaban J connectivity index is 1.56. The fourth-order valence-corrected chi connectivity index (χ4v) is 4.78. The number of aromatic nitrogens is 3. The molecule has 2 aromatic rings. The number of fused-ring (bicyclic) bond motifs is 1. The second-order valence-electron chi connectivity index (χ2n) is 8.70. The van der Waals surface area contributed by atoms with Gasteiger partial charge in [0.15, 0.2) is 29.0 Å². The molecule has 174 valence electrons. The molecule has 0 unspecified atom stereocenters. The van der Waals surface area contributed by atoms with Crippen molar-refractivity contribution in [1.82, 2.24) is 15.0 Å². The van der Waals surface area contributed by atoms with E-state index < -0.39 is 53.4 Å². The van der Waals surface area contributed by atoms with Crippen LogP contribution in [0.15, 0.2) is 18.3 Å². The zero-order valence-electron chi connectivity index (χ0n) is 17.9. The van der Waals surface area contributed by atoms with Gasteiger partial charge in [0.2, 0.25) is 0 Å². The van der Waals surface area contributed by atoms with Crippen molar-refractivity contribution in [2.24, 2.45) is 0 Å². The maximum atomic E-state index is 13.8. The Hall–Kier alpha value is -2.05. The van der Waals surface area contributed by atoms with Crippen molar-refractivity contribution >= 4 is 0 Å². The zero-order chi connectivity index (χ0) is 22.7. The van der Waals surface area contributed by atoms with E-state index in [4.69, 9.17) is 23.7 Å². The minimum Gasteiger partial charge on any atom is -0.373 e. The molecule has 32 heavy (non-hydrogen) atoms. The zero-order valence-corrected chi connectivity index (χ0v) is 17.9. The lowest BCUT2D eigenvalue weighted by atomic mass is 9.87. The van der Waals surface area contributed by atoms with Crippen LogP contribution in [-0.2, 0) is 23.7 Å². The average molecular weight is 455 g/mol. The van der Waals surface area contributed by atoms with E-state index in [0.717, 1.165) is 18.6 Å². The quantitative estimate of drug-likeness (QED) is 0.659. The Labute approximate surface area is 182 Å². The number of ether oxygens (including phenoxy) is 5. The summed E-state index contributed by atoms with van der Waals surface area (Å²) in [4.78, 5) is 0. The second kappa shape index (κ2) is 7.77. The molecule has 0 saturated carbocycles. The first-order valence-corrected chi connectivity index (χ1v) is 10.5. The number of rotatable bonds is 3. The molecular formula is C21H24F3N3O5. The van der Waals surface area contributed by atoms with E-state index >= 15 is 0 Å². The molecule has 0 radical (unpaired) electrons. The minimum absolute atomic E-state index is 0.0604. The van der Waals surface area contributed by atoms with Crippen LogP contribution in [0.2, 0.25) is 0 Å². The summed E-state index contributed by atoms with van der Waals surface area (Å²) in [6.07, 6.45) is 1.37. The van der Waals surface area contributed by atoms with Gasteiger partial charge in [-0.25, -0.2) is 17.9 Å². The van der Waals surface area contributed by atoms with Gasteiger partial charge in [0.1, 0.15) is 30.0 Å². The number of hydrogen-bond acceptors (Lipinski definition) is 7. The standard InChI is InChI=1S/C21H24F3N3O5/c1-20(2)30-10-15-18(32-20)17(19(28-3)21(31-15)5-4-6-29-21)27-9-14(25-26-27)11-7-12(22)16(24)13(23)8-11/h7-9,15,17-19H,4-6,10H2,1-3H3/t15-,17+,18+,19-,21+/m1/s1. The van der Waals surface area contributed by atoms with Gasteiger partial charge in [0.25, 0.3) is 0 Å². The molecule has 3 aliphatic rings. The molecule has 0 amide bonds. The minimum atomic E-state index is -1.54. The van der Waals surface area contributed by atoms with Gasteiger partial charge in [-0.05, 0) is 32.4 Å². The van der Waals surface area contributed by atoms with E-state index in [2.05, 4.69) is 10.3 Å². The van der Waals surface area contributed by atoms with Crippen molar-refractivity contribution < 1.29 is 36.9 Å². The lowest BCUT2D eigenvalue weighted by Crippen LogP contribution is -2.67. The average Bonchev–Trinajstić information content (AvgIpc) is 3.41. The second-order valence-corrected chi connectivity index (χ2v) is 8.70. The highest BCUT2D eigenvalue weighted by atomic mass is 19.2. The van der Waals surface area contributed by atoms with Crippen LogP contribution in [-0.4, -0.2) is 65.2 Å². The maximum Gasteiger partial charge on any atom is 0.197 e. The van der Waals surface area contributed by atoms with Gasteiger partial charge in [0, 0.05) is 19.1 Å². The van der Waals surface area contributed by atoms with Crippen molar-refractivity contribution in [3.05, 3.63) is 35.8 Å². The molecule has 3 saturated heterocycles. The molecule has 5 rings (SSSR count). The lowest BCUT2D eigenvalue weighted by molar-refractivity contribution is -0.401. The first kappa shape index (κ1) is 21.8. The molecule has 8 nitrogen and oxygen atoms in total. The molecule has 1 spiro atoms. The van der Waals surface area contributed by atoms with Gasteiger partial charge in [-0.3, -0.25) is 0 Å². The van der Waals surface area contributed by atoms with Crippen LogP contribution >= 0.6 is 0 Å². The van der Waals surface area contributed by atoms with E-state index in [9.17, 15) is 13.2 Å². The summed E-state index contributed by atoms with van der Waals surface area (Å²) in [6.45, 7) is 4.41. The molecule has 0 aliphatic carbocycles. The molecule has 11 heteroatoms. The summed E-state index contributed by atoms with van der Waals surface area (Å²) in [5.74, 6) is -6.01. The molecule has 5 atom stereocenters. The van der Waals surface area contributed by atoms with Gasteiger partial charge >= 0.3 is 0 Å². The third-order valence-electron chi connectivity index (χ3n) is 6.18. The number of hydrogen-bond donors (Lipinski definition) is 0. The predicted molar refractivity (Wildman–Crippen MR) is 103 cm³/mol. The Kier molecular flexibility index (Phi) is 5.29. The molecule has 1 aromatic carbocycles. The van der Waals surface area contributed by atoms with Gasteiger partial charge in [0.05, 0.1) is 19.4 Å². The highest BCUT2D eigenvalue weighted by Crippen LogP contribution is 2.47. The van der Waals surface area contributed by atoms with Crippen molar-refractivity contribution in [3.8, 4) is 11.3 Å². The molecule has 1 aromatic heterocycles. The summed E-state index contributed by atoms with van der Waals surface area (Å²) in [7, 11) is 1.55. The van der Waals surface area contributed by atoms with E-state index in [0.29, 0.717) is 13.0 Å². The van der Waals surface area contributed by atoms with Crippen molar-refractivity contribution in [1.29, 1.82) is 0 Å². The monoisotopic (exact) mass is 455 g/mol. The van der Waals surface area contributed by atoms with Gasteiger partial charge in [-0.15, -0.1) is 5.10 Å². The summed E-state index contributed by atoms with van der Waals surface area (Å²) in [5, 5.41) is 8.27. The smallest absolute Gasteiger partial charge is 0.197 e. The topological polar surface area (TPSA) is 76.9 Å². The highest BCUT2D eigenvalue weighted by Gasteiger charge is 2.61. The fraction of sp³-hybridized carbons (Fsp3) is 0.619. The van der Waals surface area contributed by atoms with E-state index in [1.807, 2.05) is 0 Å². The Morgan fingerprint density at radius 2 is 1.88 bits per heavy atom. The molecule has 3 aliphatic heterocycles. The Morgan fingerprint density at radius 3 is 2.53 bits per heavy atom. The lowest BCUT2D eigenvalue weighted by Gasteiger charge is -2.54.